The molecular formula is C17H23N3O3S. The molecule has 2 atom stereocenters. The maximum absolute atomic E-state index is 12.9. The van der Waals surface area contributed by atoms with E-state index in [9.17, 15) is 13.5 Å². The van der Waals surface area contributed by atoms with Crippen LogP contribution in [-0.2, 0) is 16.6 Å². The van der Waals surface area contributed by atoms with Crippen LogP contribution < -0.4 is 0 Å². The van der Waals surface area contributed by atoms with Crippen LogP contribution in [0.3, 0.4) is 0 Å². The van der Waals surface area contributed by atoms with Gasteiger partial charge in [0.25, 0.3) is 0 Å². The molecule has 0 spiro atoms. The first kappa shape index (κ1) is 17.1. The van der Waals surface area contributed by atoms with E-state index in [1.165, 1.54) is 10.5 Å². The summed E-state index contributed by atoms with van der Waals surface area (Å²) < 4.78 is 28.9. The quantitative estimate of drug-likeness (QED) is 0.867. The summed E-state index contributed by atoms with van der Waals surface area (Å²) in [5, 5.41) is 14.5. The fraction of sp³-hybridized carbons (Fsp3) is 0.471. The molecule has 0 amide bonds. The van der Waals surface area contributed by atoms with Gasteiger partial charge in [-0.1, -0.05) is 30.3 Å². The van der Waals surface area contributed by atoms with Crippen LogP contribution in [0.25, 0.3) is 0 Å². The highest BCUT2D eigenvalue weighted by Crippen LogP contribution is 2.31. The monoisotopic (exact) mass is 349 g/mol. The first-order valence-corrected chi connectivity index (χ1v) is 9.73. The normalized spacial score (nSPS) is 20.3. The lowest BCUT2D eigenvalue weighted by atomic mass is 10.0. The summed E-state index contributed by atoms with van der Waals surface area (Å²) in [5.74, 6) is 0. The van der Waals surface area contributed by atoms with Crippen molar-refractivity contribution in [3.05, 3.63) is 48.3 Å². The summed E-state index contributed by atoms with van der Waals surface area (Å²) >= 11 is 0. The molecule has 6 nitrogen and oxygen atoms in total. The van der Waals surface area contributed by atoms with Crippen LogP contribution in [0.15, 0.2) is 47.6 Å². The van der Waals surface area contributed by atoms with Gasteiger partial charge in [0.2, 0.25) is 10.0 Å². The molecule has 1 aromatic carbocycles. The average molecular weight is 349 g/mol. The van der Waals surface area contributed by atoms with Crippen molar-refractivity contribution < 1.29 is 13.5 Å². The highest BCUT2D eigenvalue weighted by Gasteiger charge is 2.37. The predicted octanol–water partition coefficient (Wildman–Crippen LogP) is 2.18. The van der Waals surface area contributed by atoms with Crippen LogP contribution in [0, 0.1) is 0 Å². The molecule has 1 aliphatic rings. The van der Waals surface area contributed by atoms with Gasteiger partial charge in [0, 0.05) is 25.3 Å². The van der Waals surface area contributed by atoms with E-state index >= 15 is 0 Å². The van der Waals surface area contributed by atoms with Crippen molar-refractivity contribution in [3.63, 3.8) is 0 Å². The lowest BCUT2D eigenvalue weighted by Gasteiger charge is -2.25. The summed E-state index contributed by atoms with van der Waals surface area (Å²) in [7, 11) is -3.57. The number of nitrogens with zero attached hydrogens (tertiary/aromatic N) is 3. The number of aromatic nitrogens is 2. The van der Waals surface area contributed by atoms with Gasteiger partial charge in [-0.2, -0.15) is 9.40 Å². The van der Waals surface area contributed by atoms with Gasteiger partial charge in [-0.25, -0.2) is 8.42 Å². The van der Waals surface area contributed by atoms with Crippen molar-refractivity contribution >= 4 is 10.0 Å². The Kier molecular flexibility index (Phi) is 5.03. The molecule has 1 aromatic heterocycles. The van der Waals surface area contributed by atoms with E-state index in [0.717, 1.165) is 18.4 Å². The minimum Gasteiger partial charge on any atom is -0.388 e. The Balaban J connectivity index is 1.77. The lowest BCUT2D eigenvalue weighted by molar-refractivity contribution is 0.142. The zero-order valence-electron chi connectivity index (χ0n) is 13.7. The van der Waals surface area contributed by atoms with Crippen molar-refractivity contribution in [2.24, 2.45) is 0 Å². The van der Waals surface area contributed by atoms with Crippen molar-refractivity contribution in [2.45, 2.75) is 49.8 Å². The fourth-order valence-corrected chi connectivity index (χ4v) is 4.88. The van der Waals surface area contributed by atoms with Gasteiger partial charge >= 0.3 is 0 Å². The Morgan fingerprint density at radius 3 is 2.75 bits per heavy atom. The van der Waals surface area contributed by atoms with Crippen LogP contribution in [-0.4, -0.2) is 40.2 Å². The maximum atomic E-state index is 12.9. The average Bonchev–Trinajstić information content (AvgIpc) is 3.25. The molecule has 1 saturated heterocycles. The topological polar surface area (TPSA) is 75.4 Å². The van der Waals surface area contributed by atoms with Gasteiger partial charge in [-0.15, -0.1) is 0 Å². The molecule has 0 aliphatic carbocycles. The molecule has 0 radical (unpaired) electrons. The van der Waals surface area contributed by atoms with Gasteiger partial charge < -0.3 is 5.11 Å². The summed E-state index contributed by atoms with van der Waals surface area (Å²) in [6.45, 7) is 3.04. The SMILES string of the molecule is CCn1cc(S(=O)(=O)N2CCC[C@@H]2C[C@@H](O)c2ccccc2)cn1. The minimum atomic E-state index is -3.57. The van der Waals surface area contributed by atoms with Crippen LogP contribution in [0.1, 0.15) is 37.9 Å². The minimum absolute atomic E-state index is 0.185. The number of sulfonamides is 1. The second-order valence-electron chi connectivity index (χ2n) is 6.11. The summed E-state index contributed by atoms with van der Waals surface area (Å²) in [4.78, 5) is 0.227. The molecule has 0 saturated carbocycles. The Labute approximate surface area is 142 Å². The summed E-state index contributed by atoms with van der Waals surface area (Å²) in [6, 6.07) is 9.19. The predicted molar refractivity (Wildman–Crippen MR) is 90.8 cm³/mol. The molecule has 0 unspecified atom stereocenters. The van der Waals surface area contributed by atoms with Gasteiger partial charge in [-0.3, -0.25) is 4.68 Å². The zero-order chi connectivity index (χ0) is 17.2. The maximum Gasteiger partial charge on any atom is 0.246 e. The van der Waals surface area contributed by atoms with Crippen molar-refractivity contribution in [3.8, 4) is 0 Å². The van der Waals surface area contributed by atoms with E-state index in [0.29, 0.717) is 19.5 Å². The van der Waals surface area contributed by atoms with E-state index in [1.807, 2.05) is 37.3 Å². The second-order valence-corrected chi connectivity index (χ2v) is 8.00. The first-order chi connectivity index (χ1) is 11.5. The smallest absolute Gasteiger partial charge is 0.246 e. The van der Waals surface area contributed by atoms with Crippen molar-refractivity contribution in [2.75, 3.05) is 6.54 Å². The molecular weight excluding hydrogens is 326 g/mol. The second kappa shape index (κ2) is 7.04. The van der Waals surface area contributed by atoms with Gasteiger partial charge in [0.1, 0.15) is 4.90 Å². The molecule has 2 heterocycles. The number of hydrogen-bond acceptors (Lipinski definition) is 4. The van der Waals surface area contributed by atoms with Crippen LogP contribution in [0.5, 0.6) is 0 Å². The van der Waals surface area contributed by atoms with Gasteiger partial charge in [0.15, 0.2) is 0 Å². The zero-order valence-corrected chi connectivity index (χ0v) is 14.6. The van der Waals surface area contributed by atoms with Crippen LogP contribution in [0.4, 0.5) is 0 Å². The van der Waals surface area contributed by atoms with E-state index in [2.05, 4.69) is 5.10 Å². The fourth-order valence-electron chi connectivity index (χ4n) is 3.22. The Morgan fingerprint density at radius 1 is 1.33 bits per heavy atom. The number of hydrogen-bond donors (Lipinski definition) is 1. The number of rotatable bonds is 6. The highest BCUT2D eigenvalue weighted by atomic mass is 32.2. The van der Waals surface area contributed by atoms with Gasteiger partial charge in [0.05, 0.1) is 12.3 Å². The lowest BCUT2D eigenvalue weighted by Crippen LogP contribution is -2.36. The molecule has 1 fully saturated rings. The molecule has 3 rings (SSSR count). The van der Waals surface area contributed by atoms with Crippen LogP contribution in [0.2, 0.25) is 0 Å². The Hall–Kier alpha value is -1.70. The summed E-state index contributed by atoms with van der Waals surface area (Å²) in [5.41, 5.74) is 0.820. The molecule has 1 N–H and O–H groups in total. The third kappa shape index (κ3) is 3.38. The third-order valence-corrected chi connectivity index (χ3v) is 6.45. The first-order valence-electron chi connectivity index (χ1n) is 8.29. The highest BCUT2D eigenvalue weighted by molar-refractivity contribution is 7.89. The van der Waals surface area contributed by atoms with Crippen LogP contribution >= 0.6 is 0 Å². The van der Waals surface area contributed by atoms with Crippen molar-refractivity contribution in [1.82, 2.24) is 14.1 Å². The Morgan fingerprint density at radius 2 is 2.08 bits per heavy atom. The van der Waals surface area contributed by atoms with E-state index < -0.39 is 16.1 Å². The summed E-state index contributed by atoms with van der Waals surface area (Å²) in [6.07, 6.45) is 4.30. The van der Waals surface area contributed by atoms with E-state index in [-0.39, 0.29) is 10.9 Å². The molecule has 0 bridgehead atoms. The molecule has 2 aromatic rings. The van der Waals surface area contributed by atoms with Gasteiger partial charge in [-0.05, 0) is 31.7 Å². The standard InChI is InChI=1S/C17H23N3O3S/c1-2-19-13-16(12-18-19)24(22,23)20-10-6-9-15(20)11-17(21)14-7-4-3-5-8-14/h3-5,7-8,12-13,15,17,21H,2,6,9-11H2,1H3/t15-,17-/m1/s1. The number of benzene rings is 1. The Bertz CT molecular complexity index is 773. The van der Waals surface area contributed by atoms with Crippen molar-refractivity contribution in [1.29, 1.82) is 0 Å². The van der Waals surface area contributed by atoms with E-state index in [4.69, 9.17) is 0 Å². The molecule has 24 heavy (non-hydrogen) atoms. The molecule has 7 heteroatoms. The molecule has 1 aliphatic heterocycles. The molecule has 130 valence electrons. The number of aliphatic hydroxyl groups is 1. The number of aliphatic hydroxyl groups excluding tert-OH is 1. The van der Waals surface area contributed by atoms with E-state index in [1.54, 1.807) is 10.9 Å². The number of aryl methyl sites for hydroxylation is 1. The third-order valence-electron chi connectivity index (χ3n) is 4.54. The largest absolute Gasteiger partial charge is 0.388 e.